The molecule has 5 rings (SSSR count). The Hall–Kier alpha value is -3.80. The van der Waals surface area contributed by atoms with Crippen LogP contribution in [0.1, 0.15) is 17.4 Å². The van der Waals surface area contributed by atoms with Gasteiger partial charge < -0.3 is 14.9 Å². The maximum absolute atomic E-state index is 12.9. The highest BCUT2D eigenvalue weighted by Crippen LogP contribution is 2.28. The highest BCUT2D eigenvalue weighted by atomic mass is 16.5. The summed E-state index contributed by atoms with van der Waals surface area (Å²) in [6, 6.07) is 17.8. The van der Waals surface area contributed by atoms with Gasteiger partial charge >= 0.3 is 0 Å². The van der Waals surface area contributed by atoms with Gasteiger partial charge in [0, 0.05) is 10.9 Å². The van der Waals surface area contributed by atoms with Crippen LogP contribution >= 0.6 is 0 Å². The maximum atomic E-state index is 12.9. The first-order valence-electron chi connectivity index (χ1n) is 9.94. The Kier molecular flexibility index (Phi) is 4.39. The molecular formula is C24H21N3O3. The van der Waals surface area contributed by atoms with Crippen LogP contribution < -0.4 is 5.32 Å². The van der Waals surface area contributed by atoms with Crippen molar-refractivity contribution in [3.8, 4) is 11.1 Å². The first kappa shape index (κ1) is 18.2. The molecule has 1 amide bonds. The Labute approximate surface area is 173 Å². The Bertz CT molecular complexity index is 1220. The molecule has 2 aliphatic rings. The summed E-state index contributed by atoms with van der Waals surface area (Å²) in [5.41, 5.74) is 3.92. The monoisotopic (exact) mass is 399 g/mol. The van der Waals surface area contributed by atoms with Crippen LogP contribution in [0.15, 0.2) is 78.6 Å². The first-order chi connectivity index (χ1) is 14.6. The van der Waals surface area contributed by atoms with E-state index in [9.17, 15) is 10.0 Å². The van der Waals surface area contributed by atoms with Crippen LogP contribution in [0.2, 0.25) is 0 Å². The lowest BCUT2D eigenvalue weighted by Gasteiger charge is -2.29. The molecule has 0 bridgehead atoms. The normalized spacial score (nSPS) is 20.5. The number of ether oxygens (including phenoxy) is 1. The molecule has 1 aliphatic carbocycles. The predicted molar refractivity (Wildman–Crippen MR) is 116 cm³/mol. The molecule has 2 atom stereocenters. The number of hydrogen-bond acceptors (Lipinski definition) is 3. The highest BCUT2D eigenvalue weighted by molar-refractivity contribution is 6.02. The molecule has 0 saturated carbocycles. The summed E-state index contributed by atoms with van der Waals surface area (Å²) in [4.78, 5) is 16.1. The summed E-state index contributed by atoms with van der Waals surface area (Å²) in [6.07, 6.45) is 4.81. The standard InChI is InChI=1S/C24H21N3O3/c1-15-7-5-12-20-23(15)27(29)21(14-30-20)26-24(28)19-13-17-10-6-11-18(22(17)25-19)16-8-3-2-4-9-16/h2-13,15,21,25H,14H2,1H3,(H,26,28). The Morgan fingerprint density at radius 1 is 1.20 bits per heavy atom. The smallest absolute Gasteiger partial charge is 0.273 e. The number of benzene rings is 2. The van der Waals surface area contributed by atoms with E-state index in [2.05, 4.69) is 10.3 Å². The van der Waals surface area contributed by atoms with Gasteiger partial charge in [-0.3, -0.25) is 10.1 Å². The summed E-state index contributed by atoms with van der Waals surface area (Å²) >= 11 is 0. The molecule has 2 aromatic carbocycles. The fourth-order valence-electron chi connectivity index (χ4n) is 4.01. The van der Waals surface area contributed by atoms with E-state index in [4.69, 9.17) is 4.74 Å². The number of H-pyrrole nitrogens is 1. The molecule has 1 aliphatic heterocycles. The SMILES string of the molecule is CC1C=CC=C2OCC(NC(=O)c3cc4cccc(-c5ccccc5)c4[nH]3)[N+]([O-])=C21. The van der Waals surface area contributed by atoms with Gasteiger partial charge in [-0.05, 0) is 24.6 Å². The zero-order chi connectivity index (χ0) is 20.7. The molecule has 2 N–H and O–H groups in total. The van der Waals surface area contributed by atoms with Crippen LogP contribution in [-0.2, 0) is 4.74 Å². The minimum atomic E-state index is -0.779. The van der Waals surface area contributed by atoms with Gasteiger partial charge in [-0.25, -0.2) is 0 Å². The largest absolute Gasteiger partial charge is 0.622 e. The molecule has 0 fully saturated rings. The van der Waals surface area contributed by atoms with Crippen molar-refractivity contribution in [3.63, 3.8) is 0 Å². The van der Waals surface area contributed by atoms with E-state index in [0.717, 1.165) is 26.8 Å². The number of nitrogens with zero attached hydrogens (tertiary/aromatic N) is 1. The van der Waals surface area contributed by atoms with E-state index in [1.807, 2.05) is 67.6 Å². The van der Waals surface area contributed by atoms with Gasteiger partial charge in [0.25, 0.3) is 12.1 Å². The third-order valence-corrected chi connectivity index (χ3v) is 5.53. The lowest BCUT2D eigenvalue weighted by molar-refractivity contribution is -0.518. The zero-order valence-electron chi connectivity index (χ0n) is 16.5. The summed E-state index contributed by atoms with van der Waals surface area (Å²) < 4.78 is 6.57. The number of rotatable bonds is 3. The van der Waals surface area contributed by atoms with Crippen molar-refractivity contribution >= 4 is 22.5 Å². The maximum Gasteiger partial charge on any atom is 0.273 e. The number of allylic oxidation sites excluding steroid dienone is 4. The topological polar surface area (TPSA) is 80.2 Å². The fourth-order valence-corrected chi connectivity index (χ4v) is 4.01. The molecule has 0 radical (unpaired) electrons. The van der Waals surface area contributed by atoms with E-state index >= 15 is 0 Å². The van der Waals surface area contributed by atoms with Crippen molar-refractivity contribution < 1.29 is 14.3 Å². The minimum absolute atomic E-state index is 0.0660. The third-order valence-electron chi connectivity index (χ3n) is 5.53. The molecule has 1 aromatic heterocycles. The summed E-state index contributed by atoms with van der Waals surface area (Å²) in [6.45, 7) is 2.03. The van der Waals surface area contributed by atoms with E-state index in [1.165, 1.54) is 0 Å². The van der Waals surface area contributed by atoms with E-state index in [-0.39, 0.29) is 18.4 Å². The van der Waals surface area contributed by atoms with E-state index in [0.29, 0.717) is 17.2 Å². The molecule has 0 saturated heterocycles. The molecule has 2 unspecified atom stereocenters. The number of fused-ring (bicyclic) bond motifs is 2. The Balaban J connectivity index is 1.44. The number of amides is 1. The molecule has 0 spiro atoms. The second kappa shape index (κ2) is 7.22. The van der Waals surface area contributed by atoms with Gasteiger partial charge in [-0.15, -0.1) is 0 Å². The number of nitrogens with one attached hydrogen (secondary N) is 2. The van der Waals surface area contributed by atoms with Crippen molar-refractivity contribution in [2.75, 3.05) is 6.61 Å². The van der Waals surface area contributed by atoms with Crippen LogP contribution in [0, 0.1) is 11.1 Å². The number of para-hydroxylation sites is 1. The van der Waals surface area contributed by atoms with Crippen molar-refractivity contribution in [1.82, 2.24) is 10.3 Å². The van der Waals surface area contributed by atoms with Crippen molar-refractivity contribution in [3.05, 3.63) is 89.5 Å². The second-order valence-electron chi connectivity index (χ2n) is 7.53. The summed E-state index contributed by atoms with van der Waals surface area (Å²) in [7, 11) is 0. The average molecular weight is 399 g/mol. The lowest BCUT2D eigenvalue weighted by Crippen LogP contribution is -2.51. The number of hydroxylamine groups is 1. The number of carbonyl (C=O) groups excluding carboxylic acids is 1. The minimum Gasteiger partial charge on any atom is -0.622 e. The molecule has 2 heterocycles. The van der Waals surface area contributed by atoms with Gasteiger partial charge in [-0.2, -0.15) is 4.74 Å². The van der Waals surface area contributed by atoms with Crippen molar-refractivity contribution in [2.45, 2.75) is 13.1 Å². The molecule has 30 heavy (non-hydrogen) atoms. The number of hydrogen-bond donors (Lipinski definition) is 2. The zero-order valence-corrected chi connectivity index (χ0v) is 16.5. The Morgan fingerprint density at radius 3 is 2.87 bits per heavy atom. The van der Waals surface area contributed by atoms with Gasteiger partial charge in [0.05, 0.1) is 11.4 Å². The van der Waals surface area contributed by atoms with Crippen LogP contribution in [0.5, 0.6) is 0 Å². The van der Waals surface area contributed by atoms with Crippen LogP contribution in [-0.4, -0.2) is 34.1 Å². The highest BCUT2D eigenvalue weighted by Gasteiger charge is 2.36. The summed E-state index contributed by atoms with van der Waals surface area (Å²) in [5.74, 6) is 0.166. The average Bonchev–Trinajstić information content (AvgIpc) is 3.21. The molecule has 6 nitrogen and oxygen atoms in total. The van der Waals surface area contributed by atoms with Crippen LogP contribution in [0.25, 0.3) is 22.0 Å². The number of aromatic amines is 1. The number of carbonyl (C=O) groups is 1. The van der Waals surface area contributed by atoms with Gasteiger partial charge in [-0.1, -0.05) is 60.7 Å². The van der Waals surface area contributed by atoms with Gasteiger partial charge in [0.1, 0.15) is 5.69 Å². The van der Waals surface area contributed by atoms with Crippen LogP contribution in [0.3, 0.4) is 0 Å². The fraction of sp³-hybridized carbons (Fsp3) is 0.167. The predicted octanol–water partition coefficient (Wildman–Crippen LogP) is 3.96. The second-order valence-corrected chi connectivity index (χ2v) is 7.53. The molecule has 150 valence electrons. The first-order valence-corrected chi connectivity index (χ1v) is 9.94. The lowest BCUT2D eigenvalue weighted by atomic mass is 9.98. The van der Waals surface area contributed by atoms with E-state index < -0.39 is 6.17 Å². The van der Waals surface area contributed by atoms with Gasteiger partial charge in [0.2, 0.25) is 5.71 Å². The van der Waals surface area contributed by atoms with Crippen LogP contribution in [0.4, 0.5) is 0 Å². The quantitative estimate of drug-likeness (QED) is 0.517. The molecular weight excluding hydrogens is 378 g/mol. The van der Waals surface area contributed by atoms with Gasteiger partial charge in [0.15, 0.2) is 12.4 Å². The summed E-state index contributed by atoms with van der Waals surface area (Å²) in [5, 5.41) is 16.6. The number of aromatic nitrogens is 1. The van der Waals surface area contributed by atoms with Crippen molar-refractivity contribution in [1.29, 1.82) is 0 Å². The molecule has 3 aromatic rings. The van der Waals surface area contributed by atoms with E-state index in [1.54, 1.807) is 12.1 Å². The van der Waals surface area contributed by atoms with Crippen molar-refractivity contribution in [2.24, 2.45) is 5.92 Å². The Morgan fingerprint density at radius 2 is 2.03 bits per heavy atom. The molecule has 6 heteroatoms. The third kappa shape index (κ3) is 3.06.